The van der Waals surface area contributed by atoms with E-state index in [1.807, 2.05) is 6.92 Å². The Labute approximate surface area is 246 Å². The van der Waals surface area contributed by atoms with Gasteiger partial charge in [0.15, 0.2) is 0 Å². The SMILES string of the molecule is CCOc1ccc(NC(=O)c2cc3ccccc3c(N=Nc3cc(C)c(Cl)cc3S(=O)(=O)O)c2[O-])cc1.[Na+]. The Hall–Kier alpha value is -2.99. The zero-order valence-corrected chi connectivity index (χ0v) is 24.3. The van der Waals surface area contributed by atoms with Gasteiger partial charge in [0.1, 0.15) is 16.3 Å². The summed E-state index contributed by atoms with van der Waals surface area (Å²) >= 11 is 6.01. The minimum Gasteiger partial charge on any atom is -0.870 e. The van der Waals surface area contributed by atoms with Crippen molar-refractivity contribution in [2.24, 2.45) is 10.2 Å². The molecular formula is C26H21ClN3NaO6S. The Morgan fingerprint density at radius 1 is 1.08 bits per heavy atom. The number of hydrogen-bond acceptors (Lipinski definition) is 7. The van der Waals surface area contributed by atoms with Gasteiger partial charge in [-0.05, 0) is 67.3 Å². The number of ether oxygens (including phenoxy) is 1. The molecule has 1 amide bonds. The topological polar surface area (TPSA) is 140 Å². The molecule has 0 unspecified atom stereocenters. The molecule has 0 fully saturated rings. The van der Waals surface area contributed by atoms with E-state index in [1.165, 1.54) is 12.1 Å². The number of carbonyl (C=O) groups is 1. The number of halogens is 1. The van der Waals surface area contributed by atoms with Crippen LogP contribution < -0.4 is 44.7 Å². The summed E-state index contributed by atoms with van der Waals surface area (Å²) < 4.78 is 38.7. The maximum Gasteiger partial charge on any atom is 1.00 e. The Balaban J connectivity index is 0.00000400. The second-order valence-corrected chi connectivity index (χ2v) is 9.78. The molecule has 0 atom stereocenters. The Bertz CT molecular complexity index is 1640. The fraction of sp³-hybridized carbons (Fsp3) is 0.115. The van der Waals surface area contributed by atoms with Gasteiger partial charge in [-0.15, -0.1) is 5.11 Å². The molecule has 0 saturated carbocycles. The van der Waals surface area contributed by atoms with E-state index in [0.29, 0.717) is 34.4 Å². The molecule has 12 heteroatoms. The molecule has 0 bridgehead atoms. The van der Waals surface area contributed by atoms with Gasteiger partial charge in [0, 0.05) is 21.7 Å². The number of nitrogens with one attached hydrogen (secondary N) is 1. The number of hydrogen-bond donors (Lipinski definition) is 2. The van der Waals surface area contributed by atoms with E-state index in [9.17, 15) is 22.9 Å². The van der Waals surface area contributed by atoms with Crippen LogP contribution in [0.25, 0.3) is 10.8 Å². The van der Waals surface area contributed by atoms with E-state index in [1.54, 1.807) is 55.5 Å². The van der Waals surface area contributed by atoms with E-state index in [-0.39, 0.29) is 51.5 Å². The third-order valence-electron chi connectivity index (χ3n) is 5.42. The van der Waals surface area contributed by atoms with Crippen LogP contribution in [0.5, 0.6) is 11.5 Å². The first-order chi connectivity index (χ1) is 17.6. The zero-order valence-electron chi connectivity index (χ0n) is 20.7. The zero-order chi connectivity index (χ0) is 26.7. The van der Waals surface area contributed by atoms with E-state index in [0.717, 1.165) is 6.07 Å². The summed E-state index contributed by atoms with van der Waals surface area (Å²) in [5, 5.41) is 25.1. The number of fused-ring (bicyclic) bond motifs is 1. The van der Waals surface area contributed by atoms with Crippen molar-refractivity contribution in [3.63, 3.8) is 0 Å². The molecule has 2 N–H and O–H groups in total. The van der Waals surface area contributed by atoms with Gasteiger partial charge < -0.3 is 15.2 Å². The molecule has 0 aliphatic carbocycles. The third kappa shape index (κ3) is 6.52. The maximum absolute atomic E-state index is 13.4. The smallest absolute Gasteiger partial charge is 0.870 e. The first-order valence-corrected chi connectivity index (χ1v) is 12.9. The molecule has 4 rings (SSSR count). The second kappa shape index (κ2) is 12.2. The molecule has 0 saturated heterocycles. The van der Waals surface area contributed by atoms with Gasteiger partial charge in [0.2, 0.25) is 0 Å². The number of aryl methyl sites for hydroxylation is 1. The van der Waals surface area contributed by atoms with Crippen molar-refractivity contribution < 1.29 is 57.2 Å². The van der Waals surface area contributed by atoms with Gasteiger partial charge in [-0.25, -0.2) is 0 Å². The van der Waals surface area contributed by atoms with Crippen LogP contribution in [-0.4, -0.2) is 25.5 Å². The molecule has 4 aromatic carbocycles. The van der Waals surface area contributed by atoms with Crippen molar-refractivity contribution in [3.8, 4) is 11.5 Å². The van der Waals surface area contributed by atoms with E-state index >= 15 is 0 Å². The van der Waals surface area contributed by atoms with Crippen molar-refractivity contribution in [1.82, 2.24) is 0 Å². The summed E-state index contributed by atoms with van der Waals surface area (Å²) in [7, 11) is -4.68. The number of nitrogens with zero attached hydrogens (tertiary/aromatic N) is 2. The molecule has 0 aromatic heterocycles. The molecule has 9 nitrogen and oxygen atoms in total. The van der Waals surface area contributed by atoms with Gasteiger partial charge in [-0.1, -0.05) is 41.6 Å². The van der Waals surface area contributed by atoms with E-state index < -0.39 is 26.7 Å². The largest absolute Gasteiger partial charge is 1.00 e. The van der Waals surface area contributed by atoms with Crippen LogP contribution >= 0.6 is 11.6 Å². The monoisotopic (exact) mass is 561 g/mol. The van der Waals surface area contributed by atoms with Gasteiger partial charge >= 0.3 is 29.6 Å². The third-order valence-corrected chi connectivity index (χ3v) is 6.71. The van der Waals surface area contributed by atoms with Crippen LogP contribution in [0.2, 0.25) is 5.02 Å². The minimum absolute atomic E-state index is 0. The van der Waals surface area contributed by atoms with E-state index in [2.05, 4.69) is 15.5 Å². The molecule has 0 aliphatic rings. The maximum atomic E-state index is 13.4. The van der Waals surface area contributed by atoms with Crippen molar-refractivity contribution in [2.45, 2.75) is 18.7 Å². The molecule has 0 heterocycles. The molecule has 190 valence electrons. The average molecular weight is 562 g/mol. The number of anilines is 1. The van der Waals surface area contributed by atoms with Crippen LogP contribution in [0.3, 0.4) is 0 Å². The summed E-state index contributed by atoms with van der Waals surface area (Å²) in [6.07, 6.45) is 0. The molecule has 4 aromatic rings. The van der Waals surface area contributed by atoms with Crippen molar-refractivity contribution >= 4 is 55.5 Å². The summed E-state index contributed by atoms with van der Waals surface area (Å²) in [4.78, 5) is 12.5. The van der Waals surface area contributed by atoms with Gasteiger partial charge in [0.05, 0.1) is 12.3 Å². The van der Waals surface area contributed by atoms with Crippen molar-refractivity contribution in [3.05, 3.63) is 82.9 Å². The quantitative estimate of drug-likeness (QED) is 0.202. The Morgan fingerprint density at radius 3 is 2.42 bits per heavy atom. The first kappa shape index (κ1) is 29.6. The van der Waals surface area contributed by atoms with Crippen LogP contribution in [0, 0.1) is 6.92 Å². The molecule has 0 radical (unpaired) electrons. The van der Waals surface area contributed by atoms with Crippen molar-refractivity contribution in [1.29, 1.82) is 0 Å². The number of rotatable bonds is 7. The standard InChI is InChI=1S/C26H22ClN3O6S.Na/c1-3-36-18-10-8-17(9-11-18)28-26(32)20-13-16-6-4-5-7-19(16)24(25(20)31)30-29-22-12-15(2)21(27)14-23(22)37(33,34)35;/h4-14,31H,3H2,1-2H3,(H,28,32)(H,33,34,35);/q;+1/p-1. The summed E-state index contributed by atoms with van der Waals surface area (Å²) in [5.74, 6) is -0.720. The summed E-state index contributed by atoms with van der Waals surface area (Å²) in [6, 6.07) is 17.3. The number of benzene rings is 4. The molecule has 0 spiro atoms. The molecule has 0 aliphatic heterocycles. The fourth-order valence-corrected chi connectivity index (χ4v) is 4.47. The summed E-state index contributed by atoms with van der Waals surface area (Å²) in [5.41, 5.74) is 0.391. The van der Waals surface area contributed by atoms with Crippen molar-refractivity contribution in [2.75, 3.05) is 11.9 Å². The Kier molecular flexibility index (Phi) is 9.53. The fourth-order valence-electron chi connectivity index (χ4n) is 3.61. The predicted octanol–water partition coefficient (Wildman–Crippen LogP) is 3.19. The van der Waals surface area contributed by atoms with Crippen LogP contribution in [0.4, 0.5) is 17.1 Å². The van der Waals surface area contributed by atoms with Crippen LogP contribution in [-0.2, 0) is 10.1 Å². The average Bonchev–Trinajstić information content (AvgIpc) is 2.85. The van der Waals surface area contributed by atoms with Crippen LogP contribution in [0.1, 0.15) is 22.8 Å². The second-order valence-electron chi connectivity index (χ2n) is 7.98. The summed E-state index contributed by atoms with van der Waals surface area (Å²) in [6.45, 7) is 3.98. The number of azo groups is 1. The van der Waals surface area contributed by atoms with Crippen LogP contribution in [0.15, 0.2) is 81.9 Å². The number of carbonyl (C=O) groups excluding carboxylic acids is 1. The van der Waals surface area contributed by atoms with E-state index in [4.69, 9.17) is 16.3 Å². The number of amides is 1. The predicted molar refractivity (Wildman–Crippen MR) is 139 cm³/mol. The van der Waals surface area contributed by atoms with Gasteiger partial charge in [-0.3, -0.25) is 9.35 Å². The van der Waals surface area contributed by atoms with Gasteiger partial charge in [0.25, 0.3) is 16.0 Å². The van der Waals surface area contributed by atoms with Gasteiger partial charge in [-0.2, -0.15) is 13.5 Å². The molecule has 38 heavy (non-hydrogen) atoms. The molecular weight excluding hydrogens is 541 g/mol. The first-order valence-electron chi connectivity index (χ1n) is 11.0. The normalized spacial score (nSPS) is 11.4. The minimum atomic E-state index is -4.68. The Morgan fingerprint density at radius 2 is 1.76 bits per heavy atom.